The number of benzene rings is 2. The van der Waals surface area contributed by atoms with Gasteiger partial charge in [-0.25, -0.2) is 19.9 Å². The molecule has 0 saturated carbocycles. The van der Waals surface area contributed by atoms with Crippen molar-refractivity contribution in [3.05, 3.63) is 80.1 Å². The Labute approximate surface area is 359 Å². The predicted octanol–water partition coefficient (Wildman–Crippen LogP) is 6.91. The summed E-state index contributed by atoms with van der Waals surface area (Å²) in [4.78, 5) is 57.3. The lowest BCUT2D eigenvalue weighted by molar-refractivity contribution is -0.142. The Kier molecular flexibility index (Phi) is 10.5. The van der Waals surface area contributed by atoms with Gasteiger partial charge < -0.3 is 34.9 Å². The number of nitrogens with zero attached hydrogens (tertiary/aromatic N) is 7. The van der Waals surface area contributed by atoms with Crippen LogP contribution in [0.2, 0.25) is 0 Å². The second kappa shape index (κ2) is 16.4. The van der Waals surface area contributed by atoms with E-state index in [0.29, 0.717) is 52.2 Å². The number of carboxylic acid groups (broad SMARTS) is 1. The molecule has 1 saturated heterocycles. The molecule has 0 unspecified atom stereocenters. The number of anilines is 4. The maximum absolute atomic E-state index is 13.1. The van der Waals surface area contributed by atoms with Gasteiger partial charge in [0.25, 0.3) is 0 Å². The van der Waals surface area contributed by atoms with Crippen LogP contribution < -0.4 is 20.1 Å². The normalized spacial score (nSPS) is 18.5. The van der Waals surface area contributed by atoms with Crippen LogP contribution in [-0.4, -0.2) is 94.8 Å². The number of carbonyl (C=O) groups is 2. The third-order valence-electron chi connectivity index (χ3n) is 12.1. The number of ether oxygens (including phenoxy) is 3. The van der Waals surface area contributed by atoms with Crippen molar-refractivity contribution in [1.82, 2.24) is 24.8 Å². The molecule has 2 atom stereocenters. The number of hydrogen-bond acceptors (Lipinski definition) is 15. The van der Waals surface area contributed by atoms with Crippen LogP contribution in [0.5, 0.6) is 11.5 Å². The highest BCUT2D eigenvalue weighted by molar-refractivity contribution is 7.19. The first-order chi connectivity index (χ1) is 29.8. The van der Waals surface area contributed by atoms with Crippen LogP contribution in [0.15, 0.2) is 46.9 Å². The number of hydrogen-bond donors (Lipinski definition) is 3. The fourth-order valence-corrected chi connectivity index (χ4v) is 11.5. The third-order valence-corrected chi connectivity index (χ3v) is 14.4. The number of aliphatic imine (C=N–C) groups is 2. The van der Waals surface area contributed by atoms with Crippen LogP contribution in [0.25, 0.3) is 20.4 Å². The molecule has 3 N–H and O–H groups in total. The van der Waals surface area contributed by atoms with Crippen molar-refractivity contribution in [3.63, 3.8) is 0 Å². The molecule has 15 nitrogen and oxygen atoms in total. The fourth-order valence-electron chi connectivity index (χ4n) is 8.94. The first-order valence-corrected chi connectivity index (χ1v) is 22.0. The number of amides is 1. The maximum atomic E-state index is 13.1. The van der Waals surface area contributed by atoms with E-state index >= 15 is 0 Å². The topological polar surface area (TPSA) is 186 Å². The summed E-state index contributed by atoms with van der Waals surface area (Å²) in [5.74, 6) is 2.27. The van der Waals surface area contributed by atoms with E-state index in [1.165, 1.54) is 16.0 Å². The first kappa shape index (κ1) is 39.1. The Hall–Kier alpha value is -6.04. The molecule has 7 heterocycles. The number of methoxy groups -OCH3 is 2. The number of morpholine rings is 1. The number of aliphatic carboxylic acids is 1. The molecule has 0 radical (unpaired) electrons. The summed E-state index contributed by atoms with van der Waals surface area (Å²) >= 11 is 3.25. The molecule has 2 aromatic carbocycles. The van der Waals surface area contributed by atoms with Crippen molar-refractivity contribution in [2.45, 2.75) is 51.6 Å². The van der Waals surface area contributed by atoms with Crippen molar-refractivity contribution in [2.24, 2.45) is 21.8 Å². The highest BCUT2D eigenvalue weighted by Gasteiger charge is 2.33. The molecule has 3 aliphatic heterocycles. The van der Waals surface area contributed by atoms with Gasteiger partial charge in [-0.1, -0.05) is 0 Å². The molecule has 0 bridgehead atoms. The van der Waals surface area contributed by atoms with Gasteiger partial charge in [0.05, 0.1) is 68.6 Å². The van der Waals surface area contributed by atoms with E-state index in [1.807, 2.05) is 35.5 Å². The predicted molar refractivity (Wildman–Crippen MR) is 236 cm³/mol. The number of fused-ring (bicyclic) bond motifs is 8. The number of carbonyl (C=O) groups excluding carboxylic acids is 1. The van der Waals surface area contributed by atoms with Crippen molar-refractivity contribution in [2.75, 3.05) is 51.2 Å². The second-order valence-electron chi connectivity index (χ2n) is 15.7. The smallest absolute Gasteiger partial charge is 0.306 e. The highest BCUT2D eigenvalue weighted by atomic mass is 32.1. The number of carboxylic acids is 1. The zero-order valence-electron chi connectivity index (χ0n) is 33.7. The lowest BCUT2D eigenvalue weighted by Gasteiger charge is -2.31. The van der Waals surface area contributed by atoms with E-state index in [2.05, 4.69) is 46.6 Å². The summed E-state index contributed by atoms with van der Waals surface area (Å²) in [5.41, 5.74) is 8.60. The Morgan fingerprint density at radius 3 is 1.75 bits per heavy atom. The summed E-state index contributed by atoms with van der Waals surface area (Å²) in [5, 5.41) is 18.3. The number of thiophene rings is 2. The van der Waals surface area contributed by atoms with Gasteiger partial charge in [-0.3, -0.25) is 19.6 Å². The lowest BCUT2D eigenvalue weighted by Crippen LogP contribution is -2.44. The molecule has 5 aliphatic rings. The SMILES string of the molecule is COc1cc2c(cc1Nc1ncnc3sc4c(c13)CC[C@H](C(=O)N1CCOCC1)C4)C=NC2.COc1cc2c(cc1Nc1ncnc3sc4c(c13)CC[C@H](C(=O)O)C4)C=NC2. The zero-order chi connectivity index (χ0) is 41.6. The number of aromatic nitrogens is 4. The van der Waals surface area contributed by atoms with Gasteiger partial charge >= 0.3 is 5.97 Å². The molecule has 1 fully saturated rings. The van der Waals surface area contributed by atoms with Gasteiger partial charge in [-0.15, -0.1) is 22.7 Å². The summed E-state index contributed by atoms with van der Waals surface area (Å²) in [6, 6.07) is 8.13. The van der Waals surface area contributed by atoms with Crippen LogP contribution in [0.3, 0.4) is 0 Å². The van der Waals surface area contributed by atoms with E-state index in [-0.39, 0.29) is 17.7 Å². The van der Waals surface area contributed by atoms with Crippen LogP contribution in [-0.2, 0) is 53.1 Å². The van der Waals surface area contributed by atoms with Gasteiger partial charge in [0.1, 0.15) is 45.5 Å². The van der Waals surface area contributed by atoms with Gasteiger partial charge in [0.2, 0.25) is 5.91 Å². The van der Waals surface area contributed by atoms with Gasteiger partial charge in [0, 0.05) is 41.2 Å². The Morgan fingerprint density at radius 2 is 1.25 bits per heavy atom. The molecule has 6 aromatic rings. The van der Waals surface area contributed by atoms with Gasteiger partial charge in [0.15, 0.2) is 0 Å². The van der Waals surface area contributed by atoms with Crippen LogP contribution in [0.1, 0.15) is 56.0 Å². The third kappa shape index (κ3) is 7.44. The summed E-state index contributed by atoms with van der Waals surface area (Å²) in [7, 11) is 3.33. The number of nitrogens with one attached hydrogen (secondary N) is 2. The largest absolute Gasteiger partial charge is 0.495 e. The van der Waals surface area contributed by atoms with Crippen LogP contribution >= 0.6 is 22.7 Å². The molecule has 0 spiro atoms. The summed E-state index contributed by atoms with van der Waals surface area (Å²) < 4.78 is 16.6. The maximum Gasteiger partial charge on any atom is 0.306 e. The fraction of sp³-hybridized carbons (Fsp3) is 0.364. The van der Waals surface area contributed by atoms with Crippen molar-refractivity contribution < 1.29 is 28.9 Å². The van der Waals surface area contributed by atoms with Crippen LogP contribution in [0.4, 0.5) is 23.0 Å². The quantitative estimate of drug-likeness (QED) is 0.144. The van der Waals surface area contributed by atoms with Gasteiger partial charge in [-0.05, 0) is 96.2 Å². The second-order valence-corrected chi connectivity index (χ2v) is 17.8. The summed E-state index contributed by atoms with van der Waals surface area (Å²) in [6.07, 6.45) is 11.3. The van der Waals surface area contributed by atoms with Crippen molar-refractivity contribution in [3.8, 4) is 11.5 Å². The summed E-state index contributed by atoms with van der Waals surface area (Å²) in [6.45, 7) is 4.02. The van der Waals surface area contributed by atoms with E-state index in [0.717, 1.165) is 108 Å². The standard InChI is InChI=1S/C24H25N5O3S.C20H18N4O3S/c1-31-19-9-16-12-25-11-15(16)8-18(19)28-22-21-17-3-2-14(24(30)29-4-6-32-7-5-29)10-20(17)33-23(21)27-13-26-22;1-27-15-5-12-8-21-7-11(12)4-14(15)24-18-17-13-3-2-10(20(25)26)6-16(13)28-19(17)23-9-22-18/h8-9,11,13-14H,2-7,10,12H2,1H3,(H,26,27,28);4-5,7,9-10H,2-3,6,8H2,1H3,(H,25,26)(H,22,23,24)/t14-;10-/m00/s1. The molecule has 312 valence electrons. The van der Waals surface area contributed by atoms with Crippen molar-refractivity contribution in [1.29, 1.82) is 0 Å². The molecular weight excluding hydrogens is 815 g/mol. The Balaban J connectivity index is 0.000000148. The van der Waals surface area contributed by atoms with Crippen molar-refractivity contribution >= 4 is 90.4 Å². The minimum absolute atomic E-state index is 0.0316. The Morgan fingerprint density at radius 1 is 0.738 bits per heavy atom. The molecule has 17 heteroatoms. The molecule has 1 amide bonds. The highest BCUT2D eigenvalue weighted by Crippen LogP contribution is 2.44. The first-order valence-electron chi connectivity index (χ1n) is 20.4. The minimum atomic E-state index is -0.725. The van der Waals surface area contributed by atoms with E-state index in [9.17, 15) is 14.7 Å². The monoisotopic (exact) mass is 857 g/mol. The van der Waals surface area contributed by atoms with Crippen LogP contribution in [0, 0.1) is 11.8 Å². The number of aryl methyl sites for hydroxylation is 2. The number of rotatable bonds is 8. The van der Waals surface area contributed by atoms with Gasteiger partial charge in [-0.2, -0.15) is 0 Å². The van der Waals surface area contributed by atoms with E-state index in [4.69, 9.17) is 14.2 Å². The molecule has 61 heavy (non-hydrogen) atoms. The molecular formula is C44H43N9O6S2. The molecule has 4 aromatic heterocycles. The molecule has 2 aliphatic carbocycles. The Bertz CT molecular complexity index is 2780. The van der Waals surface area contributed by atoms with E-state index < -0.39 is 5.97 Å². The average Bonchev–Trinajstić information content (AvgIpc) is 4.10. The molecule has 11 rings (SSSR count). The zero-order valence-corrected chi connectivity index (χ0v) is 35.3. The average molecular weight is 858 g/mol. The van der Waals surface area contributed by atoms with E-state index in [1.54, 1.807) is 49.5 Å². The lowest BCUT2D eigenvalue weighted by atomic mass is 9.86. The minimum Gasteiger partial charge on any atom is -0.495 e.